The van der Waals surface area contributed by atoms with E-state index >= 15 is 0 Å². The molecule has 7 nitrogen and oxygen atoms in total. The fourth-order valence-electron chi connectivity index (χ4n) is 5.27. The number of pyridine rings is 1. The van der Waals surface area contributed by atoms with E-state index in [-0.39, 0.29) is 29.5 Å². The van der Waals surface area contributed by atoms with Crippen LogP contribution in [0.4, 0.5) is 17.2 Å². The molecule has 1 aromatic heterocycles. The average Bonchev–Trinajstić information content (AvgIpc) is 3.60. The zero-order valence-corrected chi connectivity index (χ0v) is 18.1. The molecular formula is C24H30N4O3. The van der Waals surface area contributed by atoms with E-state index < -0.39 is 0 Å². The van der Waals surface area contributed by atoms with Crippen LogP contribution in [0, 0.1) is 11.8 Å². The molecule has 2 aromatic rings. The van der Waals surface area contributed by atoms with Gasteiger partial charge in [0.1, 0.15) is 5.82 Å². The summed E-state index contributed by atoms with van der Waals surface area (Å²) < 4.78 is 5.52. The number of benzene rings is 1. The molecule has 0 bridgehead atoms. The number of aromatic amines is 1. The van der Waals surface area contributed by atoms with Crippen molar-refractivity contribution in [3.63, 3.8) is 0 Å². The zero-order chi connectivity index (χ0) is 21.5. The monoisotopic (exact) mass is 422 g/mol. The van der Waals surface area contributed by atoms with E-state index in [0.29, 0.717) is 11.7 Å². The third kappa shape index (κ3) is 3.82. The highest BCUT2D eigenvalue weighted by atomic mass is 16.5. The van der Waals surface area contributed by atoms with Crippen molar-refractivity contribution in [3.8, 4) is 0 Å². The van der Waals surface area contributed by atoms with Crippen LogP contribution in [0.25, 0.3) is 0 Å². The fourth-order valence-corrected chi connectivity index (χ4v) is 5.27. The Morgan fingerprint density at radius 1 is 1.16 bits per heavy atom. The molecule has 31 heavy (non-hydrogen) atoms. The second-order valence-corrected chi connectivity index (χ2v) is 8.97. The summed E-state index contributed by atoms with van der Waals surface area (Å²) in [6, 6.07) is 11.8. The number of hydrogen-bond donors (Lipinski definition) is 2. The largest absolute Gasteiger partial charge is 0.378 e. The number of ether oxygens (including phenoxy) is 1. The molecule has 0 spiro atoms. The highest BCUT2D eigenvalue weighted by molar-refractivity contribution is 5.94. The second kappa shape index (κ2) is 8.04. The van der Waals surface area contributed by atoms with E-state index in [2.05, 4.69) is 40.3 Å². The summed E-state index contributed by atoms with van der Waals surface area (Å²) in [7, 11) is 0. The fraction of sp³-hybridized carbons (Fsp3) is 0.500. The lowest BCUT2D eigenvalue weighted by molar-refractivity contribution is -0.117. The number of H-pyrrole nitrogens is 1. The molecule has 0 radical (unpaired) electrons. The van der Waals surface area contributed by atoms with Gasteiger partial charge in [-0.3, -0.25) is 9.59 Å². The summed E-state index contributed by atoms with van der Waals surface area (Å²) in [6.07, 6.45) is 2.32. The average molecular weight is 423 g/mol. The minimum atomic E-state index is -0.125. The number of carbonyl (C=O) groups excluding carboxylic acids is 1. The Labute approximate surface area is 182 Å². The van der Waals surface area contributed by atoms with Crippen LogP contribution in [-0.4, -0.2) is 43.2 Å². The smallest absolute Gasteiger partial charge is 0.249 e. The van der Waals surface area contributed by atoms with Crippen LogP contribution in [0.1, 0.15) is 38.3 Å². The van der Waals surface area contributed by atoms with Crippen molar-refractivity contribution < 1.29 is 9.53 Å². The summed E-state index contributed by atoms with van der Waals surface area (Å²) in [6.45, 7) is 7.07. The zero-order valence-electron chi connectivity index (χ0n) is 18.1. The van der Waals surface area contributed by atoms with Gasteiger partial charge in [0.05, 0.1) is 19.3 Å². The van der Waals surface area contributed by atoms with Crippen LogP contribution in [0.3, 0.4) is 0 Å². The lowest BCUT2D eigenvalue weighted by atomic mass is 9.79. The van der Waals surface area contributed by atoms with Gasteiger partial charge in [-0.2, -0.15) is 0 Å². The molecule has 2 aliphatic heterocycles. The van der Waals surface area contributed by atoms with E-state index in [0.717, 1.165) is 56.1 Å². The number of amides is 1. The summed E-state index contributed by atoms with van der Waals surface area (Å²) in [5, 5.41) is 3.59. The first-order valence-corrected chi connectivity index (χ1v) is 11.3. The standard InChI is InChI=1S/C24H30N4O3/c1-15-23(26-21-4-3-5-22(30)25-21)19-14-18(27-10-12-31-13-11-27)8-9-20(19)28(16(2)29)24(15)17-6-7-17/h3-5,8-9,14-15,17,23-24H,6-7,10-13H2,1-2H3,(H2,25,26,30)/t15-,23?,24-/m1/s1. The molecule has 7 heteroatoms. The van der Waals surface area contributed by atoms with E-state index in [1.807, 2.05) is 11.0 Å². The lowest BCUT2D eigenvalue weighted by Crippen LogP contribution is -2.51. The molecule has 3 aliphatic rings. The Hall–Kier alpha value is -2.80. The van der Waals surface area contributed by atoms with Crippen LogP contribution in [0.5, 0.6) is 0 Å². The Morgan fingerprint density at radius 2 is 1.94 bits per heavy atom. The minimum absolute atomic E-state index is 0.00441. The predicted octanol–water partition coefficient (Wildman–Crippen LogP) is 3.15. The first kappa shape index (κ1) is 20.1. The van der Waals surface area contributed by atoms with Gasteiger partial charge in [-0.05, 0) is 43.0 Å². The molecule has 2 N–H and O–H groups in total. The Morgan fingerprint density at radius 3 is 2.61 bits per heavy atom. The summed E-state index contributed by atoms with van der Waals surface area (Å²) in [4.78, 5) is 31.9. The van der Waals surface area contributed by atoms with Gasteiger partial charge < -0.3 is 24.8 Å². The molecule has 1 aliphatic carbocycles. The van der Waals surface area contributed by atoms with Gasteiger partial charge >= 0.3 is 0 Å². The number of hydrogen-bond acceptors (Lipinski definition) is 5. The number of nitrogens with zero attached hydrogens (tertiary/aromatic N) is 2. The summed E-state index contributed by atoms with van der Waals surface area (Å²) >= 11 is 0. The van der Waals surface area contributed by atoms with Crippen molar-refractivity contribution in [3.05, 3.63) is 52.3 Å². The molecule has 1 aromatic carbocycles. The predicted molar refractivity (Wildman–Crippen MR) is 122 cm³/mol. The molecule has 1 amide bonds. The first-order valence-electron chi connectivity index (χ1n) is 11.3. The van der Waals surface area contributed by atoms with E-state index in [9.17, 15) is 9.59 Å². The number of aromatic nitrogens is 1. The van der Waals surface area contributed by atoms with E-state index in [1.165, 1.54) is 6.07 Å². The Balaban J connectivity index is 1.59. The van der Waals surface area contributed by atoms with E-state index in [1.54, 1.807) is 13.0 Å². The summed E-state index contributed by atoms with van der Waals surface area (Å²) in [5.74, 6) is 1.53. The van der Waals surface area contributed by atoms with Crippen molar-refractivity contribution in [2.45, 2.75) is 38.8 Å². The Kier molecular flexibility index (Phi) is 5.22. The first-order chi connectivity index (χ1) is 15.0. The topological polar surface area (TPSA) is 77.7 Å². The maximum Gasteiger partial charge on any atom is 0.249 e. The quantitative estimate of drug-likeness (QED) is 0.792. The third-order valence-electron chi connectivity index (χ3n) is 6.87. The lowest BCUT2D eigenvalue weighted by Gasteiger charge is -2.46. The number of nitrogens with one attached hydrogen (secondary N) is 2. The molecule has 2 fully saturated rings. The molecule has 1 saturated carbocycles. The van der Waals surface area contributed by atoms with E-state index in [4.69, 9.17) is 4.74 Å². The minimum Gasteiger partial charge on any atom is -0.378 e. The normalized spacial score (nSPS) is 25.8. The molecule has 164 valence electrons. The second-order valence-electron chi connectivity index (χ2n) is 8.97. The Bertz CT molecular complexity index is 1030. The van der Waals surface area contributed by atoms with Crippen LogP contribution < -0.4 is 20.7 Å². The van der Waals surface area contributed by atoms with Crippen molar-refractivity contribution in [1.29, 1.82) is 0 Å². The number of fused-ring (bicyclic) bond motifs is 1. The van der Waals surface area contributed by atoms with Crippen LogP contribution in [0.2, 0.25) is 0 Å². The number of rotatable bonds is 4. The maximum absolute atomic E-state index is 12.8. The van der Waals surface area contributed by atoms with Gasteiger partial charge in [0, 0.05) is 55.0 Å². The molecule has 3 atom stereocenters. The molecule has 1 saturated heterocycles. The van der Waals surface area contributed by atoms with Gasteiger partial charge in [0.15, 0.2) is 0 Å². The number of carbonyl (C=O) groups is 1. The van der Waals surface area contributed by atoms with Crippen molar-refractivity contribution >= 4 is 23.1 Å². The summed E-state index contributed by atoms with van der Waals surface area (Å²) in [5.41, 5.74) is 3.11. The van der Waals surface area contributed by atoms with Gasteiger partial charge in [-0.1, -0.05) is 13.0 Å². The molecule has 1 unspecified atom stereocenters. The highest BCUT2D eigenvalue weighted by Crippen LogP contribution is 2.50. The van der Waals surface area contributed by atoms with Gasteiger partial charge in [0.25, 0.3) is 0 Å². The third-order valence-corrected chi connectivity index (χ3v) is 6.87. The maximum atomic E-state index is 12.8. The van der Waals surface area contributed by atoms with Crippen LogP contribution in [-0.2, 0) is 9.53 Å². The SMILES string of the molecule is CC(=O)N1c2ccc(N3CCOCC3)cc2C(Nc2cccc(=O)[nH]2)[C@@H](C)[C@@H]1C1CC1. The van der Waals surface area contributed by atoms with Crippen molar-refractivity contribution in [2.75, 3.05) is 41.4 Å². The van der Waals surface area contributed by atoms with Crippen molar-refractivity contribution in [1.82, 2.24) is 4.98 Å². The number of morpholine rings is 1. The molecule has 3 heterocycles. The van der Waals surface area contributed by atoms with Crippen LogP contribution >= 0.6 is 0 Å². The van der Waals surface area contributed by atoms with Gasteiger partial charge in [-0.15, -0.1) is 0 Å². The number of anilines is 3. The van der Waals surface area contributed by atoms with Gasteiger partial charge in [-0.25, -0.2) is 0 Å². The molecular weight excluding hydrogens is 392 g/mol. The highest BCUT2D eigenvalue weighted by Gasteiger charge is 2.47. The van der Waals surface area contributed by atoms with Crippen LogP contribution in [0.15, 0.2) is 41.2 Å². The van der Waals surface area contributed by atoms with Crippen molar-refractivity contribution in [2.24, 2.45) is 11.8 Å². The van der Waals surface area contributed by atoms with Gasteiger partial charge in [0.2, 0.25) is 11.5 Å². The molecule has 5 rings (SSSR count).